The molecule has 4 fully saturated rings. The van der Waals surface area contributed by atoms with Crippen molar-refractivity contribution in [3.8, 4) is 0 Å². The number of carbonyl (C=O) groups is 2. The summed E-state index contributed by atoms with van der Waals surface area (Å²) in [5.41, 5.74) is 5.02. The summed E-state index contributed by atoms with van der Waals surface area (Å²) in [5.74, 6) is 1.28. The number of sulfone groups is 1. The van der Waals surface area contributed by atoms with Crippen molar-refractivity contribution in [1.82, 2.24) is 10.9 Å². The van der Waals surface area contributed by atoms with Crippen LogP contribution >= 0.6 is 0 Å². The number of amides is 2. The van der Waals surface area contributed by atoms with E-state index in [0.29, 0.717) is 6.42 Å². The summed E-state index contributed by atoms with van der Waals surface area (Å²) >= 11 is 0. The third-order valence-electron chi connectivity index (χ3n) is 7.34. The molecule has 0 spiro atoms. The standard InChI is InChI=1S/C24H28N2O5S/c27-22(14-24-11-16-8-17(12-24)10-18(9-16)13-24)25-26-23(28)21-7-6-19(31-21)15-32(29,30)20-4-2-1-3-5-20/h1-7,16-18H,8-15H2,(H,25,27)(H,26,28). The van der Waals surface area contributed by atoms with Gasteiger partial charge in [0.2, 0.25) is 5.91 Å². The second kappa shape index (κ2) is 8.06. The van der Waals surface area contributed by atoms with E-state index in [2.05, 4.69) is 10.9 Å². The van der Waals surface area contributed by atoms with Crippen LogP contribution in [0.15, 0.2) is 51.8 Å². The molecule has 4 bridgehead atoms. The second-order valence-electron chi connectivity index (χ2n) is 9.93. The summed E-state index contributed by atoms with van der Waals surface area (Å²) in [6.07, 6.45) is 7.76. The van der Waals surface area contributed by atoms with Gasteiger partial charge in [-0.2, -0.15) is 0 Å². The molecule has 1 aromatic carbocycles. The molecular formula is C24H28N2O5S. The van der Waals surface area contributed by atoms with Gasteiger partial charge in [0.05, 0.1) is 4.90 Å². The molecule has 0 saturated heterocycles. The second-order valence-corrected chi connectivity index (χ2v) is 11.9. The van der Waals surface area contributed by atoms with Crippen molar-refractivity contribution in [1.29, 1.82) is 0 Å². The minimum absolute atomic E-state index is 0.0432. The summed E-state index contributed by atoms with van der Waals surface area (Å²) in [7, 11) is -3.57. The summed E-state index contributed by atoms with van der Waals surface area (Å²) in [6.45, 7) is 0. The average Bonchev–Trinajstić information content (AvgIpc) is 3.19. The number of hydrogen-bond acceptors (Lipinski definition) is 5. The first-order valence-electron chi connectivity index (χ1n) is 11.3. The van der Waals surface area contributed by atoms with Gasteiger partial charge in [0, 0.05) is 6.42 Å². The van der Waals surface area contributed by atoms with Crippen molar-refractivity contribution in [2.24, 2.45) is 23.2 Å². The Kier molecular flexibility index (Phi) is 5.35. The molecule has 0 unspecified atom stereocenters. The summed E-state index contributed by atoms with van der Waals surface area (Å²) < 4.78 is 30.4. The zero-order valence-electron chi connectivity index (χ0n) is 17.9. The van der Waals surface area contributed by atoms with E-state index < -0.39 is 15.7 Å². The molecule has 32 heavy (non-hydrogen) atoms. The lowest BCUT2D eigenvalue weighted by Gasteiger charge is -2.56. The Morgan fingerprint density at radius 1 is 0.906 bits per heavy atom. The molecule has 170 valence electrons. The Labute approximate surface area is 187 Å². The first-order valence-corrected chi connectivity index (χ1v) is 12.9. The smallest absolute Gasteiger partial charge is 0.305 e. The third kappa shape index (κ3) is 4.33. The Hall–Kier alpha value is -2.61. The fraction of sp³-hybridized carbons (Fsp3) is 0.500. The molecule has 1 aromatic heterocycles. The Morgan fingerprint density at radius 3 is 2.16 bits per heavy atom. The summed E-state index contributed by atoms with van der Waals surface area (Å²) in [6, 6.07) is 11.0. The van der Waals surface area contributed by atoms with E-state index in [4.69, 9.17) is 4.42 Å². The van der Waals surface area contributed by atoms with E-state index in [1.807, 2.05) is 0 Å². The third-order valence-corrected chi connectivity index (χ3v) is 8.99. The number of benzene rings is 1. The van der Waals surface area contributed by atoms with Crippen LogP contribution in [0.2, 0.25) is 0 Å². The Bertz CT molecular complexity index is 1090. The number of carbonyl (C=O) groups excluding carboxylic acids is 2. The van der Waals surface area contributed by atoms with Crippen molar-refractivity contribution >= 4 is 21.7 Å². The maximum Gasteiger partial charge on any atom is 0.305 e. The topological polar surface area (TPSA) is 105 Å². The van der Waals surface area contributed by atoms with Gasteiger partial charge in [-0.05, 0) is 86.0 Å². The molecular weight excluding hydrogens is 428 g/mol. The number of furan rings is 1. The molecule has 6 rings (SSSR count). The van der Waals surface area contributed by atoms with E-state index in [-0.39, 0.29) is 33.5 Å². The van der Waals surface area contributed by atoms with Gasteiger partial charge in [0.15, 0.2) is 15.6 Å². The van der Waals surface area contributed by atoms with Crippen molar-refractivity contribution in [2.45, 2.75) is 55.6 Å². The van der Waals surface area contributed by atoms with Crippen LogP contribution in [-0.2, 0) is 20.4 Å². The first kappa shape index (κ1) is 21.2. The normalized spacial score (nSPS) is 28.4. The van der Waals surface area contributed by atoms with Gasteiger partial charge in [-0.15, -0.1) is 0 Å². The Balaban J connectivity index is 1.15. The monoisotopic (exact) mass is 456 g/mol. The average molecular weight is 457 g/mol. The van der Waals surface area contributed by atoms with Gasteiger partial charge in [0.25, 0.3) is 0 Å². The highest BCUT2D eigenvalue weighted by Crippen LogP contribution is 2.61. The molecule has 1 heterocycles. The van der Waals surface area contributed by atoms with Crippen molar-refractivity contribution in [3.63, 3.8) is 0 Å². The van der Waals surface area contributed by atoms with Crippen LogP contribution in [0.5, 0.6) is 0 Å². The fourth-order valence-corrected chi connectivity index (χ4v) is 7.82. The lowest BCUT2D eigenvalue weighted by atomic mass is 9.49. The van der Waals surface area contributed by atoms with Crippen LogP contribution in [0.25, 0.3) is 0 Å². The van der Waals surface area contributed by atoms with Gasteiger partial charge in [-0.1, -0.05) is 18.2 Å². The van der Waals surface area contributed by atoms with Crippen LogP contribution in [0.3, 0.4) is 0 Å². The van der Waals surface area contributed by atoms with Gasteiger partial charge < -0.3 is 4.42 Å². The van der Waals surface area contributed by atoms with Gasteiger partial charge in [-0.25, -0.2) is 8.42 Å². The van der Waals surface area contributed by atoms with Crippen LogP contribution in [0.4, 0.5) is 0 Å². The van der Waals surface area contributed by atoms with E-state index in [9.17, 15) is 18.0 Å². The first-order chi connectivity index (χ1) is 15.3. The lowest BCUT2D eigenvalue weighted by Crippen LogP contribution is -2.50. The largest absolute Gasteiger partial charge is 0.455 e. The molecule has 4 saturated carbocycles. The number of nitrogens with one attached hydrogen (secondary N) is 2. The number of hydrogen-bond donors (Lipinski definition) is 2. The van der Waals surface area contributed by atoms with Crippen LogP contribution < -0.4 is 10.9 Å². The highest BCUT2D eigenvalue weighted by Gasteiger charge is 2.51. The maximum absolute atomic E-state index is 12.6. The van der Waals surface area contributed by atoms with Crippen molar-refractivity contribution < 1.29 is 22.4 Å². The predicted octanol–water partition coefficient (Wildman–Crippen LogP) is 3.62. The maximum atomic E-state index is 12.6. The molecule has 0 radical (unpaired) electrons. The van der Waals surface area contributed by atoms with E-state index >= 15 is 0 Å². The molecule has 8 heteroatoms. The quantitative estimate of drug-likeness (QED) is 0.646. The highest BCUT2D eigenvalue weighted by atomic mass is 32.2. The lowest BCUT2D eigenvalue weighted by molar-refractivity contribution is -0.130. The van der Waals surface area contributed by atoms with Crippen LogP contribution in [0, 0.1) is 23.2 Å². The summed E-state index contributed by atoms with van der Waals surface area (Å²) in [4.78, 5) is 25.2. The minimum Gasteiger partial charge on any atom is -0.455 e. The molecule has 4 aliphatic carbocycles. The SMILES string of the molecule is O=C(CC12CC3CC(CC(C3)C1)C2)NNC(=O)c1ccc(CS(=O)(=O)c2ccccc2)o1. The Morgan fingerprint density at radius 2 is 1.53 bits per heavy atom. The summed E-state index contributed by atoms with van der Waals surface area (Å²) in [5, 5.41) is 0. The molecule has 0 atom stereocenters. The fourth-order valence-electron chi connectivity index (χ4n) is 6.56. The van der Waals surface area contributed by atoms with E-state index in [1.165, 1.54) is 43.5 Å². The van der Waals surface area contributed by atoms with Crippen LogP contribution in [0.1, 0.15) is 61.3 Å². The van der Waals surface area contributed by atoms with Crippen LogP contribution in [-0.4, -0.2) is 20.2 Å². The molecule has 4 aliphatic rings. The van der Waals surface area contributed by atoms with Gasteiger partial charge in [-0.3, -0.25) is 20.4 Å². The van der Waals surface area contributed by atoms with E-state index in [0.717, 1.165) is 37.0 Å². The van der Waals surface area contributed by atoms with E-state index in [1.54, 1.807) is 18.2 Å². The number of rotatable bonds is 6. The molecule has 7 nitrogen and oxygen atoms in total. The zero-order chi connectivity index (χ0) is 22.3. The number of hydrazine groups is 1. The molecule has 2 amide bonds. The van der Waals surface area contributed by atoms with Gasteiger partial charge >= 0.3 is 5.91 Å². The molecule has 2 aromatic rings. The molecule has 0 aliphatic heterocycles. The van der Waals surface area contributed by atoms with Gasteiger partial charge in [0.1, 0.15) is 11.5 Å². The zero-order valence-corrected chi connectivity index (χ0v) is 18.7. The highest BCUT2D eigenvalue weighted by molar-refractivity contribution is 7.90. The van der Waals surface area contributed by atoms with Crippen molar-refractivity contribution in [2.75, 3.05) is 0 Å². The minimum atomic E-state index is -3.57. The predicted molar refractivity (Wildman–Crippen MR) is 117 cm³/mol. The molecule has 2 N–H and O–H groups in total. The van der Waals surface area contributed by atoms with Crippen molar-refractivity contribution in [3.05, 3.63) is 54.0 Å².